The van der Waals surface area contributed by atoms with E-state index in [0.29, 0.717) is 23.9 Å². The van der Waals surface area contributed by atoms with Gasteiger partial charge in [0.05, 0.1) is 12.7 Å². The third-order valence-electron chi connectivity index (χ3n) is 8.18. The summed E-state index contributed by atoms with van der Waals surface area (Å²) in [5.74, 6) is -1.09. The number of amides is 2. The van der Waals surface area contributed by atoms with Gasteiger partial charge in [-0.25, -0.2) is 4.98 Å². The summed E-state index contributed by atoms with van der Waals surface area (Å²) in [4.78, 5) is 34.5. The van der Waals surface area contributed by atoms with Crippen LogP contribution in [0.15, 0.2) is 36.4 Å². The van der Waals surface area contributed by atoms with Gasteiger partial charge < -0.3 is 19.4 Å². The van der Waals surface area contributed by atoms with Crippen molar-refractivity contribution in [2.75, 3.05) is 52.8 Å². The van der Waals surface area contributed by atoms with Crippen LogP contribution in [0.5, 0.6) is 5.75 Å². The third kappa shape index (κ3) is 6.65. The van der Waals surface area contributed by atoms with Gasteiger partial charge in [-0.05, 0) is 73.3 Å². The lowest BCUT2D eigenvalue weighted by Crippen LogP contribution is -2.45. The zero-order valence-corrected chi connectivity index (χ0v) is 24.0. The van der Waals surface area contributed by atoms with Crippen LogP contribution in [0.2, 0.25) is 5.15 Å². The molecule has 1 saturated heterocycles. The molecule has 2 fully saturated rings. The summed E-state index contributed by atoms with van der Waals surface area (Å²) < 4.78 is 46.9. The summed E-state index contributed by atoms with van der Waals surface area (Å²) in [7, 11) is 6.17. The molecular weight excluding hydrogens is 545 g/mol. The predicted octanol–water partition coefficient (Wildman–Crippen LogP) is 5.49. The lowest BCUT2D eigenvalue weighted by molar-refractivity contribution is -0.172. The fourth-order valence-electron chi connectivity index (χ4n) is 5.91. The van der Waals surface area contributed by atoms with Crippen molar-refractivity contribution in [3.63, 3.8) is 0 Å². The summed E-state index contributed by atoms with van der Waals surface area (Å²) in [6.07, 6.45) is -0.923. The Morgan fingerprint density at radius 1 is 1.10 bits per heavy atom. The summed E-state index contributed by atoms with van der Waals surface area (Å²) in [6.45, 7) is 1.95. The van der Waals surface area contributed by atoms with Gasteiger partial charge in [-0.2, -0.15) is 13.2 Å². The number of rotatable bonds is 8. The fourth-order valence-corrected chi connectivity index (χ4v) is 6.14. The minimum absolute atomic E-state index is 0.114. The van der Waals surface area contributed by atoms with Crippen molar-refractivity contribution in [2.45, 2.75) is 37.8 Å². The highest BCUT2D eigenvalue weighted by Crippen LogP contribution is 2.44. The van der Waals surface area contributed by atoms with Crippen LogP contribution in [0.1, 0.15) is 47.5 Å². The van der Waals surface area contributed by atoms with Gasteiger partial charge in [-0.1, -0.05) is 23.7 Å². The number of ether oxygens (including phenoxy) is 1. The van der Waals surface area contributed by atoms with E-state index >= 15 is 0 Å². The van der Waals surface area contributed by atoms with Crippen molar-refractivity contribution >= 4 is 29.2 Å². The Morgan fingerprint density at radius 2 is 1.77 bits per heavy atom. The lowest BCUT2D eigenvalue weighted by Gasteiger charge is -2.45. The summed E-state index contributed by atoms with van der Waals surface area (Å²) in [5, 5.41) is 0.193. The number of anilines is 1. The number of pyridine rings is 1. The van der Waals surface area contributed by atoms with Crippen LogP contribution in [0.3, 0.4) is 0 Å². The zero-order valence-electron chi connectivity index (χ0n) is 23.2. The second-order valence-electron chi connectivity index (χ2n) is 11.1. The first-order valence-electron chi connectivity index (χ1n) is 13.5. The number of alkyl halides is 3. The monoisotopic (exact) mass is 580 g/mol. The van der Waals surface area contributed by atoms with Gasteiger partial charge in [0.2, 0.25) is 5.91 Å². The van der Waals surface area contributed by atoms with Crippen LogP contribution in [-0.2, 0) is 4.79 Å². The van der Waals surface area contributed by atoms with Crippen molar-refractivity contribution in [3.8, 4) is 5.75 Å². The van der Waals surface area contributed by atoms with Gasteiger partial charge in [-0.3, -0.25) is 9.59 Å². The van der Waals surface area contributed by atoms with Gasteiger partial charge in [-0.15, -0.1) is 0 Å². The van der Waals surface area contributed by atoms with Crippen molar-refractivity contribution in [1.29, 1.82) is 0 Å². The van der Waals surface area contributed by atoms with E-state index in [1.54, 1.807) is 26.2 Å². The minimum Gasteiger partial charge on any atom is -0.497 e. The molecule has 7 nitrogen and oxygen atoms in total. The standard InChI is InChI=1S/C29H36ClF3N4O3/c1-35(2)27(38)23-8-9-24(34-26(23)30)37-12-10-19(11-13-37)21-14-18(15-21)17-36(3)28(39)25(29(31,32)33)20-6-5-7-22(16-20)40-4/h5-9,16,18-19,21,25H,10-15,17H2,1-4H3. The molecule has 1 unspecified atom stereocenters. The van der Waals surface area contributed by atoms with Gasteiger partial charge >= 0.3 is 6.18 Å². The Balaban J connectivity index is 1.28. The molecule has 1 aromatic carbocycles. The molecule has 1 aliphatic heterocycles. The van der Waals surface area contributed by atoms with Crippen LogP contribution in [0.4, 0.5) is 19.0 Å². The molecule has 2 aliphatic rings. The highest BCUT2D eigenvalue weighted by molar-refractivity contribution is 6.32. The van der Waals surface area contributed by atoms with Crippen LogP contribution < -0.4 is 9.64 Å². The normalized spacial score (nSPS) is 20.4. The first-order valence-corrected chi connectivity index (χ1v) is 13.9. The number of hydrogen-bond donors (Lipinski definition) is 0. The number of carbonyl (C=O) groups excluding carboxylic acids is 2. The molecule has 2 aromatic rings. The largest absolute Gasteiger partial charge is 0.497 e. The molecule has 0 spiro atoms. The Hall–Kier alpha value is -3.01. The van der Waals surface area contributed by atoms with Crippen molar-refractivity contribution in [1.82, 2.24) is 14.8 Å². The molecule has 1 atom stereocenters. The molecule has 0 N–H and O–H groups in total. The topological polar surface area (TPSA) is 66.0 Å². The predicted molar refractivity (Wildman–Crippen MR) is 148 cm³/mol. The van der Waals surface area contributed by atoms with E-state index in [9.17, 15) is 22.8 Å². The van der Waals surface area contributed by atoms with E-state index in [-0.39, 0.29) is 28.3 Å². The highest BCUT2D eigenvalue weighted by Gasteiger charge is 2.48. The molecule has 0 bridgehead atoms. The van der Waals surface area contributed by atoms with Crippen LogP contribution in [0.25, 0.3) is 0 Å². The Bertz CT molecular complexity index is 1210. The van der Waals surface area contributed by atoms with Crippen LogP contribution in [-0.4, -0.2) is 80.7 Å². The van der Waals surface area contributed by atoms with Gasteiger partial charge in [0.1, 0.15) is 16.7 Å². The summed E-state index contributed by atoms with van der Waals surface area (Å²) in [6, 6.07) is 9.16. The second-order valence-corrected chi connectivity index (χ2v) is 11.5. The van der Waals surface area contributed by atoms with Gasteiger partial charge in [0.15, 0.2) is 5.92 Å². The fraction of sp³-hybridized carbons (Fsp3) is 0.552. The Labute approximate surface area is 238 Å². The highest BCUT2D eigenvalue weighted by atomic mass is 35.5. The molecular formula is C29H36ClF3N4O3. The maximum absolute atomic E-state index is 13.9. The SMILES string of the molecule is COc1cccc(C(C(=O)N(C)CC2CC(C3CCN(c4ccc(C(=O)N(C)C)c(Cl)n4)CC3)C2)C(F)(F)F)c1. The minimum atomic E-state index is -4.70. The van der Waals surface area contributed by atoms with E-state index in [1.807, 2.05) is 6.07 Å². The van der Waals surface area contributed by atoms with E-state index < -0.39 is 18.0 Å². The second kappa shape index (κ2) is 12.2. The number of hydrogen-bond acceptors (Lipinski definition) is 5. The Kier molecular flexibility index (Phi) is 9.17. The molecule has 0 radical (unpaired) electrons. The molecule has 1 aromatic heterocycles. The number of likely N-dealkylation sites (N-methyl/N-ethyl adjacent to an activating group) is 1. The van der Waals surface area contributed by atoms with Crippen molar-refractivity contribution in [3.05, 3.63) is 52.7 Å². The maximum atomic E-state index is 13.9. The smallest absolute Gasteiger partial charge is 0.404 e. The molecule has 4 rings (SSSR count). The molecule has 2 heterocycles. The third-order valence-corrected chi connectivity index (χ3v) is 8.47. The van der Waals surface area contributed by atoms with Crippen molar-refractivity contribution < 1.29 is 27.5 Å². The number of piperidine rings is 1. The maximum Gasteiger partial charge on any atom is 0.404 e. The molecule has 2 amide bonds. The number of carbonyl (C=O) groups is 2. The molecule has 1 aliphatic carbocycles. The molecule has 11 heteroatoms. The van der Waals surface area contributed by atoms with E-state index in [4.69, 9.17) is 16.3 Å². The van der Waals surface area contributed by atoms with Gasteiger partial charge in [0, 0.05) is 40.8 Å². The van der Waals surface area contributed by atoms with Gasteiger partial charge in [0.25, 0.3) is 5.91 Å². The molecule has 40 heavy (non-hydrogen) atoms. The number of benzene rings is 1. The molecule has 218 valence electrons. The molecule has 1 saturated carbocycles. The zero-order chi connectivity index (χ0) is 29.2. The average molecular weight is 581 g/mol. The average Bonchev–Trinajstić information content (AvgIpc) is 2.89. The first kappa shape index (κ1) is 30.0. The van der Waals surface area contributed by atoms with E-state index in [2.05, 4.69) is 9.88 Å². The lowest BCUT2D eigenvalue weighted by atomic mass is 9.66. The first-order chi connectivity index (χ1) is 18.9. The van der Waals surface area contributed by atoms with E-state index in [1.165, 1.54) is 42.2 Å². The number of nitrogens with zero attached hydrogens (tertiary/aromatic N) is 4. The van der Waals surface area contributed by atoms with Crippen LogP contribution in [0, 0.1) is 17.8 Å². The van der Waals surface area contributed by atoms with E-state index in [0.717, 1.165) is 44.6 Å². The van der Waals surface area contributed by atoms with Crippen LogP contribution >= 0.6 is 11.6 Å². The summed E-state index contributed by atoms with van der Waals surface area (Å²) >= 11 is 6.29. The van der Waals surface area contributed by atoms with Crippen molar-refractivity contribution in [2.24, 2.45) is 17.8 Å². The Morgan fingerprint density at radius 3 is 2.35 bits per heavy atom. The number of methoxy groups -OCH3 is 1. The number of halogens is 4. The quantitative estimate of drug-likeness (QED) is 0.386. The summed E-state index contributed by atoms with van der Waals surface area (Å²) in [5.41, 5.74) is 0.260. The number of aromatic nitrogens is 1.